The first kappa shape index (κ1) is 27.2. The summed E-state index contributed by atoms with van der Waals surface area (Å²) in [4.78, 5) is 11.3. The van der Waals surface area contributed by atoms with Gasteiger partial charge in [0.2, 0.25) is 0 Å². The third-order valence-electron chi connectivity index (χ3n) is 6.38. The zero-order chi connectivity index (χ0) is 21.7. The van der Waals surface area contributed by atoms with Crippen LogP contribution in [0.25, 0.3) is 0 Å². The van der Waals surface area contributed by atoms with Crippen LogP contribution in [0, 0.1) is 0 Å². The van der Waals surface area contributed by atoms with E-state index in [2.05, 4.69) is 13.5 Å². The van der Waals surface area contributed by atoms with E-state index in [0.717, 1.165) is 38.7 Å². The zero-order valence-corrected chi connectivity index (χ0v) is 20.0. The third kappa shape index (κ3) is 15.9. The summed E-state index contributed by atoms with van der Waals surface area (Å²) in [5, 5.41) is 0. The Morgan fingerprint density at radius 3 is 1.73 bits per heavy atom. The molecule has 0 aromatic carbocycles. The Morgan fingerprint density at radius 2 is 1.23 bits per heavy atom. The number of hydrogen-bond acceptors (Lipinski definition) is 3. The van der Waals surface area contributed by atoms with Crippen molar-refractivity contribution in [2.45, 2.75) is 148 Å². The molecule has 3 nitrogen and oxygen atoms in total. The molecule has 0 saturated heterocycles. The minimum atomic E-state index is -0.307. The van der Waals surface area contributed by atoms with Crippen LogP contribution in [0.1, 0.15) is 135 Å². The van der Waals surface area contributed by atoms with Crippen molar-refractivity contribution in [3.63, 3.8) is 0 Å². The Balaban J connectivity index is 1.79. The van der Waals surface area contributed by atoms with Gasteiger partial charge in [-0.15, -0.1) is 0 Å². The molecule has 1 aliphatic carbocycles. The molecule has 0 spiro atoms. The van der Waals surface area contributed by atoms with Gasteiger partial charge < -0.3 is 9.47 Å². The van der Waals surface area contributed by atoms with Crippen molar-refractivity contribution >= 4 is 5.97 Å². The smallest absolute Gasteiger partial charge is 0.330 e. The monoisotopic (exact) mass is 422 g/mol. The van der Waals surface area contributed by atoms with E-state index >= 15 is 0 Å². The first-order chi connectivity index (χ1) is 14.8. The lowest BCUT2D eigenvalue weighted by molar-refractivity contribution is -0.147. The second-order valence-corrected chi connectivity index (χ2v) is 9.23. The molecule has 0 aromatic rings. The number of esters is 1. The van der Waals surface area contributed by atoms with Gasteiger partial charge in [0, 0.05) is 19.1 Å². The van der Waals surface area contributed by atoms with E-state index in [4.69, 9.17) is 9.47 Å². The standard InChI is InChI=1S/C27H50O3/c1-3-5-6-7-8-9-10-11-12-13-14-15-16-17-18-19-23-29-25-21-20-22-26(24-25)30-27(28)4-2/h4,25-26H,2-3,5-24H2,1H3. The van der Waals surface area contributed by atoms with Gasteiger partial charge in [-0.25, -0.2) is 4.79 Å². The van der Waals surface area contributed by atoms with Crippen LogP contribution in [-0.4, -0.2) is 24.8 Å². The fourth-order valence-corrected chi connectivity index (χ4v) is 4.47. The second-order valence-electron chi connectivity index (χ2n) is 9.23. The maximum absolute atomic E-state index is 11.3. The number of carbonyl (C=O) groups excluding carboxylic acids is 1. The van der Waals surface area contributed by atoms with E-state index in [1.54, 1.807) is 0 Å². The largest absolute Gasteiger partial charge is 0.459 e. The highest BCUT2D eigenvalue weighted by Crippen LogP contribution is 2.24. The van der Waals surface area contributed by atoms with Gasteiger partial charge in [-0.05, 0) is 25.7 Å². The van der Waals surface area contributed by atoms with Crippen molar-refractivity contribution in [2.75, 3.05) is 6.61 Å². The molecule has 1 aliphatic rings. The molecule has 0 amide bonds. The van der Waals surface area contributed by atoms with Gasteiger partial charge in [-0.2, -0.15) is 0 Å². The molecule has 30 heavy (non-hydrogen) atoms. The van der Waals surface area contributed by atoms with E-state index in [1.165, 1.54) is 102 Å². The SMILES string of the molecule is C=CC(=O)OC1CCCC(OCCCCCCCCCCCCCCCCCC)C1. The van der Waals surface area contributed by atoms with E-state index in [0.29, 0.717) is 0 Å². The highest BCUT2D eigenvalue weighted by atomic mass is 16.5. The maximum Gasteiger partial charge on any atom is 0.330 e. The van der Waals surface area contributed by atoms with Gasteiger partial charge in [-0.3, -0.25) is 0 Å². The molecular weight excluding hydrogens is 372 g/mol. The molecule has 1 fully saturated rings. The number of carbonyl (C=O) groups is 1. The minimum absolute atomic E-state index is 0.0139. The number of hydrogen-bond donors (Lipinski definition) is 0. The fourth-order valence-electron chi connectivity index (χ4n) is 4.47. The number of rotatable bonds is 20. The summed E-state index contributed by atoms with van der Waals surface area (Å²) in [6, 6.07) is 0. The summed E-state index contributed by atoms with van der Waals surface area (Å²) >= 11 is 0. The highest BCUT2D eigenvalue weighted by Gasteiger charge is 2.24. The molecule has 2 atom stereocenters. The average Bonchev–Trinajstić information content (AvgIpc) is 2.76. The lowest BCUT2D eigenvalue weighted by Crippen LogP contribution is -2.29. The summed E-state index contributed by atoms with van der Waals surface area (Å²) < 4.78 is 11.4. The quantitative estimate of drug-likeness (QED) is 0.112. The first-order valence-electron chi connectivity index (χ1n) is 13.2. The van der Waals surface area contributed by atoms with Crippen LogP contribution in [0.15, 0.2) is 12.7 Å². The molecule has 0 aromatic heterocycles. The zero-order valence-electron chi connectivity index (χ0n) is 20.0. The summed E-state index contributed by atoms with van der Waals surface area (Å²) in [6.45, 7) is 6.61. The topological polar surface area (TPSA) is 35.5 Å². The van der Waals surface area contributed by atoms with Gasteiger partial charge >= 0.3 is 5.97 Å². The van der Waals surface area contributed by atoms with Gasteiger partial charge in [0.1, 0.15) is 6.10 Å². The van der Waals surface area contributed by atoms with Crippen LogP contribution in [-0.2, 0) is 14.3 Å². The van der Waals surface area contributed by atoms with Crippen LogP contribution in [0.4, 0.5) is 0 Å². The summed E-state index contributed by atoms with van der Waals surface area (Å²) in [5.41, 5.74) is 0. The van der Waals surface area contributed by atoms with E-state index < -0.39 is 0 Å². The van der Waals surface area contributed by atoms with E-state index in [-0.39, 0.29) is 18.2 Å². The van der Waals surface area contributed by atoms with Gasteiger partial charge in [0.05, 0.1) is 6.10 Å². The van der Waals surface area contributed by atoms with Crippen molar-refractivity contribution in [3.05, 3.63) is 12.7 Å². The van der Waals surface area contributed by atoms with Crippen LogP contribution in [0.3, 0.4) is 0 Å². The van der Waals surface area contributed by atoms with Crippen molar-refractivity contribution in [1.82, 2.24) is 0 Å². The molecule has 0 aliphatic heterocycles. The number of unbranched alkanes of at least 4 members (excludes halogenated alkanes) is 15. The van der Waals surface area contributed by atoms with Crippen LogP contribution in [0.2, 0.25) is 0 Å². The van der Waals surface area contributed by atoms with Crippen molar-refractivity contribution in [2.24, 2.45) is 0 Å². The summed E-state index contributed by atoms with van der Waals surface area (Å²) in [5.74, 6) is -0.307. The average molecular weight is 423 g/mol. The van der Waals surface area contributed by atoms with Crippen LogP contribution >= 0.6 is 0 Å². The lowest BCUT2D eigenvalue weighted by atomic mass is 9.95. The van der Waals surface area contributed by atoms with Crippen LogP contribution < -0.4 is 0 Å². The van der Waals surface area contributed by atoms with Crippen molar-refractivity contribution in [1.29, 1.82) is 0 Å². The Bertz CT molecular complexity index is 407. The molecular formula is C27H50O3. The molecule has 0 bridgehead atoms. The molecule has 2 unspecified atom stereocenters. The molecule has 3 heteroatoms. The Kier molecular flexibility index (Phi) is 18.2. The molecule has 1 saturated carbocycles. The van der Waals surface area contributed by atoms with E-state index in [1.807, 2.05) is 0 Å². The van der Waals surface area contributed by atoms with Crippen molar-refractivity contribution < 1.29 is 14.3 Å². The highest BCUT2D eigenvalue weighted by molar-refractivity contribution is 5.81. The molecule has 0 N–H and O–H groups in total. The maximum atomic E-state index is 11.3. The molecule has 176 valence electrons. The lowest BCUT2D eigenvalue weighted by Gasteiger charge is -2.28. The first-order valence-corrected chi connectivity index (χ1v) is 13.2. The van der Waals surface area contributed by atoms with E-state index in [9.17, 15) is 4.79 Å². The summed E-state index contributed by atoms with van der Waals surface area (Å²) in [7, 11) is 0. The molecule has 1 rings (SSSR count). The second kappa shape index (κ2) is 20.1. The normalized spacial score (nSPS) is 19.0. The Labute approximate surface area is 187 Å². The molecule has 0 heterocycles. The minimum Gasteiger partial charge on any atom is -0.459 e. The van der Waals surface area contributed by atoms with Gasteiger partial charge in [-0.1, -0.05) is 110 Å². The van der Waals surface area contributed by atoms with Gasteiger partial charge in [0.25, 0.3) is 0 Å². The Morgan fingerprint density at radius 1 is 0.767 bits per heavy atom. The van der Waals surface area contributed by atoms with Crippen molar-refractivity contribution in [3.8, 4) is 0 Å². The van der Waals surface area contributed by atoms with Crippen LogP contribution in [0.5, 0.6) is 0 Å². The number of ether oxygens (including phenoxy) is 2. The predicted molar refractivity (Wildman–Crippen MR) is 128 cm³/mol. The molecule has 0 radical (unpaired) electrons. The third-order valence-corrected chi connectivity index (χ3v) is 6.38. The van der Waals surface area contributed by atoms with Gasteiger partial charge in [0.15, 0.2) is 0 Å². The predicted octanol–water partition coefficient (Wildman–Crippen LogP) is 8.30. The summed E-state index contributed by atoms with van der Waals surface area (Å²) in [6.07, 6.45) is 27.8. The Hall–Kier alpha value is -0.830. The fraction of sp³-hybridized carbons (Fsp3) is 0.889.